The maximum absolute atomic E-state index is 5.90. The van der Waals surface area contributed by atoms with E-state index < -0.39 is 0 Å². The Labute approximate surface area is 179 Å². The van der Waals surface area contributed by atoms with Gasteiger partial charge in [0.25, 0.3) is 0 Å². The predicted molar refractivity (Wildman–Crippen MR) is 129 cm³/mol. The van der Waals surface area contributed by atoms with Gasteiger partial charge in [-0.1, -0.05) is 87.4 Å². The van der Waals surface area contributed by atoms with Crippen LogP contribution in [0.3, 0.4) is 0 Å². The van der Waals surface area contributed by atoms with E-state index in [1.807, 2.05) is 25.1 Å². The zero-order chi connectivity index (χ0) is 21.5. The van der Waals surface area contributed by atoms with Crippen molar-refractivity contribution < 1.29 is 0 Å². The van der Waals surface area contributed by atoms with Crippen LogP contribution in [0.15, 0.2) is 60.2 Å². The SMILES string of the molecule is C=C(C)C(=C)/C=C(/C)CC.CC1CCC(N)CC1.CCCc1ccccc1Cl. The number of hydrogen-bond acceptors (Lipinski definition) is 1. The topological polar surface area (TPSA) is 26.0 Å². The Morgan fingerprint density at radius 2 is 1.68 bits per heavy atom. The first kappa shape index (κ1) is 26.7. The highest BCUT2D eigenvalue weighted by atomic mass is 35.5. The summed E-state index contributed by atoms with van der Waals surface area (Å²) in [6, 6.07) is 8.52. The highest BCUT2D eigenvalue weighted by Crippen LogP contribution is 2.21. The van der Waals surface area contributed by atoms with Gasteiger partial charge in [-0.3, -0.25) is 0 Å². The molecule has 1 nitrogen and oxygen atoms in total. The van der Waals surface area contributed by atoms with Gasteiger partial charge < -0.3 is 5.73 Å². The van der Waals surface area contributed by atoms with Crippen molar-refractivity contribution in [1.82, 2.24) is 0 Å². The fourth-order valence-electron chi connectivity index (χ4n) is 2.78. The summed E-state index contributed by atoms with van der Waals surface area (Å²) in [4.78, 5) is 0. The Hall–Kier alpha value is -1.31. The van der Waals surface area contributed by atoms with Crippen LogP contribution >= 0.6 is 11.6 Å². The van der Waals surface area contributed by atoms with E-state index in [-0.39, 0.29) is 0 Å². The van der Waals surface area contributed by atoms with Crippen LogP contribution in [0.4, 0.5) is 0 Å². The lowest BCUT2D eigenvalue weighted by molar-refractivity contribution is 0.348. The standard InChI is InChI=1S/C10H16.C9H11Cl.C7H15N/c1-6-9(4)7-10(5)8(2)3;1-2-5-8-6-3-4-7-9(8)10;1-6-2-4-7(8)5-3-6/h7H,2,5-6H2,1,3-4H3;3-4,6-7H,2,5H2,1H3;6-7H,2-5,8H2,1H3/b9-7-;;. The molecule has 0 radical (unpaired) electrons. The first-order chi connectivity index (χ1) is 13.2. The number of nitrogens with two attached hydrogens (primary N) is 1. The van der Waals surface area contributed by atoms with Gasteiger partial charge >= 0.3 is 0 Å². The highest BCUT2D eigenvalue weighted by molar-refractivity contribution is 6.31. The zero-order valence-electron chi connectivity index (χ0n) is 18.9. The van der Waals surface area contributed by atoms with E-state index in [1.165, 1.54) is 36.8 Å². The van der Waals surface area contributed by atoms with Gasteiger partial charge in [0.2, 0.25) is 0 Å². The van der Waals surface area contributed by atoms with E-state index in [0.29, 0.717) is 6.04 Å². The number of halogens is 1. The average molecular weight is 404 g/mol. The van der Waals surface area contributed by atoms with Crippen LogP contribution in [0.2, 0.25) is 5.02 Å². The van der Waals surface area contributed by atoms with E-state index in [0.717, 1.165) is 41.3 Å². The molecule has 0 aliphatic heterocycles. The minimum absolute atomic E-state index is 0.520. The van der Waals surface area contributed by atoms with E-state index in [1.54, 1.807) is 0 Å². The normalized spacial score (nSPS) is 18.9. The molecule has 1 fully saturated rings. The largest absolute Gasteiger partial charge is 0.328 e. The summed E-state index contributed by atoms with van der Waals surface area (Å²) in [7, 11) is 0. The van der Waals surface area contributed by atoms with Crippen molar-refractivity contribution in [3.63, 3.8) is 0 Å². The van der Waals surface area contributed by atoms with E-state index >= 15 is 0 Å². The summed E-state index contributed by atoms with van der Waals surface area (Å²) in [6.45, 7) is 18.3. The zero-order valence-corrected chi connectivity index (χ0v) is 19.6. The minimum atomic E-state index is 0.520. The Bertz CT molecular complexity index is 597. The lowest BCUT2D eigenvalue weighted by Gasteiger charge is -2.22. The molecule has 0 saturated heterocycles. The quantitative estimate of drug-likeness (QED) is 0.491. The van der Waals surface area contributed by atoms with Crippen molar-refractivity contribution in [2.75, 3.05) is 0 Å². The molecular formula is C26H42ClN. The van der Waals surface area contributed by atoms with Crippen molar-refractivity contribution in [2.45, 2.75) is 85.6 Å². The molecule has 0 aromatic heterocycles. The summed E-state index contributed by atoms with van der Waals surface area (Å²) < 4.78 is 0. The Kier molecular flexibility index (Phi) is 14.9. The van der Waals surface area contributed by atoms with Gasteiger partial charge in [-0.25, -0.2) is 0 Å². The molecule has 0 atom stereocenters. The molecule has 1 aromatic carbocycles. The lowest BCUT2D eigenvalue weighted by Crippen LogP contribution is -2.25. The van der Waals surface area contributed by atoms with E-state index in [4.69, 9.17) is 17.3 Å². The molecule has 1 aromatic rings. The molecule has 2 heteroatoms. The molecule has 2 N–H and O–H groups in total. The fourth-order valence-corrected chi connectivity index (χ4v) is 3.01. The van der Waals surface area contributed by atoms with Crippen LogP contribution in [0, 0.1) is 5.92 Å². The lowest BCUT2D eigenvalue weighted by atomic mass is 9.88. The molecule has 1 saturated carbocycles. The molecule has 158 valence electrons. The number of rotatable bonds is 5. The van der Waals surface area contributed by atoms with Crippen LogP contribution in [0.25, 0.3) is 0 Å². The predicted octanol–water partition coefficient (Wildman–Crippen LogP) is 8.29. The van der Waals surface area contributed by atoms with Crippen LogP contribution in [0.5, 0.6) is 0 Å². The van der Waals surface area contributed by atoms with Crippen molar-refractivity contribution in [3.05, 3.63) is 70.8 Å². The third-order valence-electron chi connectivity index (χ3n) is 5.06. The van der Waals surface area contributed by atoms with Crippen LogP contribution in [-0.4, -0.2) is 6.04 Å². The number of allylic oxidation sites excluding steroid dienone is 4. The van der Waals surface area contributed by atoms with Crippen LogP contribution in [0.1, 0.15) is 78.7 Å². The Balaban J connectivity index is 0.000000393. The van der Waals surface area contributed by atoms with Gasteiger partial charge in [-0.05, 0) is 75.5 Å². The van der Waals surface area contributed by atoms with Crippen molar-refractivity contribution in [2.24, 2.45) is 11.7 Å². The molecular weight excluding hydrogens is 362 g/mol. The third kappa shape index (κ3) is 13.0. The molecule has 0 amide bonds. The minimum Gasteiger partial charge on any atom is -0.328 e. The third-order valence-corrected chi connectivity index (χ3v) is 5.43. The van der Waals surface area contributed by atoms with Gasteiger partial charge in [-0.15, -0.1) is 0 Å². The van der Waals surface area contributed by atoms with Gasteiger partial charge in [0.1, 0.15) is 0 Å². The maximum Gasteiger partial charge on any atom is 0.0437 e. The van der Waals surface area contributed by atoms with Crippen LogP contribution in [-0.2, 0) is 6.42 Å². The summed E-state index contributed by atoms with van der Waals surface area (Å²) in [5.41, 5.74) is 10.4. The summed E-state index contributed by atoms with van der Waals surface area (Å²) in [5, 5.41) is 0.893. The molecule has 0 spiro atoms. The van der Waals surface area contributed by atoms with Gasteiger partial charge in [0.05, 0.1) is 0 Å². The molecule has 2 rings (SSSR count). The Morgan fingerprint density at radius 1 is 1.11 bits per heavy atom. The van der Waals surface area contributed by atoms with E-state index in [9.17, 15) is 0 Å². The number of aryl methyl sites for hydroxylation is 1. The molecule has 0 heterocycles. The smallest absolute Gasteiger partial charge is 0.0437 e. The second-order valence-corrected chi connectivity index (χ2v) is 8.42. The first-order valence-electron chi connectivity index (χ1n) is 10.7. The first-order valence-corrected chi connectivity index (χ1v) is 11.1. The maximum atomic E-state index is 5.90. The molecule has 0 unspecified atom stereocenters. The number of hydrogen-bond donors (Lipinski definition) is 1. The van der Waals surface area contributed by atoms with Gasteiger partial charge in [-0.2, -0.15) is 0 Å². The Morgan fingerprint density at radius 3 is 2.11 bits per heavy atom. The summed E-state index contributed by atoms with van der Waals surface area (Å²) >= 11 is 5.90. The molecule has 0 bridgehead atoms. The molecule has 28 heavy (non-hydrogen) atoms. The monoisotopic (exact) mass is 403 g/mol. The second-order valence-electron chi connectivity index (χ2n) is 8.01. The molecule has 1 aliphatic rings. The van der Waals surface area contributed by atoms with Crippen molar-refractivity contribution in [3.8, 4) is 0 Å². The van der Waals surface area contributed by atoms with Gasteiger partial charge in [0, 0.05) is 11.1 Å². The molecule has 1 aliphatic carbocycles. The summed E-state index contributed by atoms with van der Waals surface area (Å²) in [5.74, 6) is 0.940. The average Bonchev–Trinajstić information content (AvgIpc) is 2.67. The van der Waals surface area contributed by atoms with E-state index in [2.05, 4.69) is 53.0 Å². The van der Waals surface area contributed by atoms with Crippen molar-refractivity contribution in [1.29, 1.82) is 0 Å². The van der Waals surface area contributed by atoms with Crippen LogP contribution < -0.4 is 5.73 Å². The fraction of sp³-hybridized carbons (Fsp3) is 0.538. The highest BCUT2D eigenvalue weighted by Gasteiger charge is 2.13. The van der Waals surface area contributed by atoms with Crippen molar-refractivity contribution >= 4 is 11.6 Å². The summed E-state index contributed by atoms with van der Waals surface area (Å²) in [6.07, 6.45) is 10.6. The second kappa shape index (κ2) is 15.6. The number of benzene rings is 1. The van der Waals surface area contributed by atoms with Gasteiger partial charge in [0.15, 0.2) is 0 Å².